The van der Waals surface area contributed by atoms with E-state index < -0.39 is 24.5 Å². The fourth-order valence-electron chi connectivity index (χ4n) is 3.49. The highest BCUT2D eigenvalue weighted by Crippen LogP contribution is 2.38. The van der Waals surface area contributed by atoms with Gasteiger partial charge in [-0.2, -0.15) is 0 Å². The Morgan fingerprint density at radius 3 is 1.85 bits per heavy atom. The van der Waals surface area contributed by atoms with Gasteiger partial charge in [-0.25, -0.2) is 0 Å². The summed E-state index contributed by atoms with van der Waals surface area (Å²) in [4.78, 5) is 2.07. The van der Waals surface area contributed by atoms with Crippen LogP contribution in [0.4, 0.5) is 26.3 Å². The summed E-state index contributed by atoms with van der Waals surface area (Å²) in [6.07, 6.45) is -9.66. The Hall–Kier alpha value is -2.08. The minimum Gasteiger partial charge on any atom is -0.496 e. The van der Waals surface area contributed by atoms with Gasteiger partial charge in [0.05, 0.1) is 13.2 Å². The normalized spacial score (nSPS) is 15.6. The molecule has 186 valence electrons. The Kier molecular flexibility index (Phi) is 10.4. The molecule has 1 saturated heterocycles. The lowest BCUT2D eigenvalue weighted by atomic mass is 9.95. The molecule has 1 aliphatic rings. The van der Waals surface area contributed by atoms with Gasteiger partial charge in [-0.15, -0.1) is 51.2 Å². The van der Waals surface area contributed by atoms with Crippen molar-refractivity contribution < 1.29 is 40.6 Å². The monoisotopic (exact) mass is 522 g/mol. The summed E-state index contributed by atoms with van der Waals surface area (Å²) in [6, 6.07) is 8.71. The van der Waals surface area contributed by atoms with Crippen LogP contribution < -0.4 is 19.5 Å². The lowest BCUT2D eigenvalue weighted by molar-refractivity contribution is -0.275. The van der Waals surface area contributed by atoms with Crippen LogP contribution in [0.1, 0.15) is 17.2 Å². The average molecular weight is 523 g/mol. The predicted octanol–water partition coefficient (Wildman–Crippen LogP) is 5.33. The van der Waals surface area contributed by atoms with Crippen molar-refractivity contribution in [1.29, 1.82) is 0 Å². The van der Waals surface area contributed by atoms with Crippen LogP contribution in [-0.4, -0.2) is 50.9 Å². The summed E-state index contributed by atoms with van der Waals surface area (Å²) in [6.45, 7) is 2.61. The molecule has 1 N–H and O–H groups in total. The molecule has 0 aliphatic carbocycles. The molecule has 1 aliphatic heterocycles. The predicted molar refractivity (Wildman–Crippen MR) is 114 cm³/mol. The van der Waals surface area contributed by atoms with Crippen molar-refractivity contribution in [1.82, 2.24) is 10.2 Å². The van der Waals surface area contributed by atoms with Gasteiger partial charge in [-0.3, -0.25) is 4.90 Å². The fraction of sp³-hybridized carbons (Fsp3) is 0.400. The lowest BCUT2D eigenvalue weighted by Gasteiger charge is -2.36. The van der Waals surface area contributed by atoms with E-state index >= 15 is 0 Å². The largest absolute Gasteiger partial charge is 0.573 e. The third-order valence-corrected chi connectivity index (χ3v) is 4.68. The number of nitrogens with zero attached hydrogens (tertiary/aromatic N) is 1. The first-order valence-electron chi connectivity index (χ1n) is 9.30. The first kappa shape index (κ1) is 29.0. The molecule has 33 heavy (non-hydrogen) atoms. The van der Waals surface area contributed by atoms with Gasteiger partial charge in [0.1, 0.15) is 17.2 Å². The summed E-state index contributed by atoms with van der Waals surface area (Å²) in [5, 5.41) is 3.21. The van der Waals surface area contributed by atoms with E-state index in [0.29, 0.717) is 37.3 Å². The Bertz CT molecular complexity index is 876. The molecule has 3 rings (SSSR count). The molecule has 0 amide bonds. The molecule has 2 aromatic rings. The molecule has 0 bridgehead atoms. The zero-order chi connectivity index (χ0) is 22.6. The third kappa shape index (κ3) is 8.33. The van der Waals surface area contributed by atoms with Crippen molar-refractivity contribution in [3.8, 4) is 17.2 Å². The van der Waals surface area contributed by atoms with E-state index in [0.717, 1.165) is 6.07 Å². The second-order valence-electron chi connectivity index (χ2n) is 6.76. The highest BCUT2D eigenvalue weighted by Gasteiger charge is 2.33. The molecular weight excluding hydrogens is 501 g/mol. The topological polar surface area (TPSA) is 43.0 Å². The molecule has 0 radical (unpaired) electrons. The summed E-state index contributed by atoms with van der Waals surface area (Å²) in [5.41, 5.74) is 1.20. The molecule has 0 unspecified atom stereocenters. The van der Waals surface area contributed by atoms with E-state index in [1.165, 1.54) is 43.5 Å². The Balaban J connectivity index is 0.00000272. The number of rotatable bonds is 6. The lowest BCUT2D eigenvalue weighted by Crippen LogP contribution is -2.45. The first-order valence-corrected chi connectivity index (χ1v) is 9.30. The number of benzene rings is 2. The molecule has 13 heteroatoms. The van der Waals surface area contributed by atoms with Crippen molar-refractivity contribution in [2.75, 3.05) is 33.3 Å². The van der Waals surface area contributed by atoms with Crippen molar-refractivity contribution in [2.24, 2.45) is 0 Å². The van der Waals surface area contributed by atoms with E-state index in [2.05, 4.69) is 19.7 Å². The Morgan fingerprint density at radius 2 is 1.33 bits per heavy atom. The molecule has 1 fully saturated rings. The second kappa shape index (κ2) is 11.9. The van der Waals surface area contributed by atoms with Crippen LogP contribution in [0.25, 0.3) is 0 Å². The van der Waals surface area contributed by atoms with Gasteiger partial charge < -0.3 is 19.5 Å². The highest BCUT2D eigenvalue weighted by atomic mass is 35.5. The van der Waals surface area contributed by atoms with Gasteiger partial charge in [0.25, 0.3) is 0 Å². The number of ether oxygens (including phenoxy) is 3. The number of nitrogens with one attached hydrogen (secondary N) is 1. The van der Waals surface area contributed by atoms with Crippen LogP contribution in [-0.2, 0) is 0 Å². The molecule has 1 atom stereocenters. The summed E-state index contributed by atoms with van der Waals surface area (Å²) in [5.74, 6) is -0.627. The quantitative estimate of drug-likeness (QED) is 0.519. The molecule has 1 heterocycles. The minimum absolute atomic E-state index is 0. The molecular formula is C20H22Cl2F6N2O3. The Morgan fingerprint density at radius 1 is 0.818 bits per heavy atom. The molecule has 5 nitrogen and oxygen atoms in total. The second-order valence-corrected chi connectivity index (χ2v) is 6.76. The van der Waals surface area contributed by atoms with E-state index in [1.54, 1.807) is 0 Å². The highest BCUT2D eigenvalue weighted by molar-refractivity contribution is 5.85. The number of hydrogen-bond acceptors (Lipinski definition) is 5. The zero-order valence-corrected chi connectivity index (χ0v) is 18.8. The van der Waals surface area contributed by atoms with E-state index in [9.17, 15) is 26.3 Å². The number of alkyl halides is 6. The van der Waals surface area contributed by atoms with Crippen LogP contribution in [0.15, 0.2) is 42.5 Å². The number of hydrogen-bond donors (Lipinski definition) is 1. The van der Waals surface area contributed by atoms with Crippen LogP contribution in [0, 0.1) is 0 Å². The SMILES string of the molecule is COc1cc(OC(F)(F)F)ccc1[C@@H](c1ccc(OC(F)(F)F)cc1)N1CCNCC1.Cl.Cl. The molecule has 2 aromatic carbocycles. The number of halogens is 8. The maximum atomic E-state index is 12.6. The van der Waals surface area contributed by atoms with Gasteiger partial charge in [-0.1, -0.05) is 12.1 Å². The Labute approximate surface area is 198 Å². The van der Waals surface area contributed by atoms with E-state index in [1.807, 2.05) is 0 Å². The maximum absolute atomic E-state index is 12.6. The fourth-order valence-corrected chi connectivity index (χ4v) is 3.49. The molecule has 0 spiro atoms. The molecule has 0 aromatic heterocycles. The van der Waals surface area contributed by atoms with Crippen molar-refractivity contribution in [3.63, 3.8) is 0 Å². The average Bonchev–Trinajstić information content (AvgIpc) is 2.69. The van der Waals surface area contributed by atoms with Gasteiger partial charge in [-0.05, 0) is 29.8 Å². The summed E-state index contributed by atoms with van der Waals surface area (Å²) in [7, 11) is 1.32. The van der Waals surface area contributed by atoms with E-state index in [-0.39, 0.29) is 36.3 Å². The minimum atomic E-state index is -4.85. The smallest absolute Gasteiger partial charge is 0.496 e. The van der Waals surface area contributed by atoms with Crippen LogP contribution in [0.2, 0.25) is 0 Å². The first-order chi connectivity index (χ1) is 14.6. The standard InChI is InChI=1S/C20H20F6N2O3.2ClH/c1-29-17-12-15(31-20(24,25)26)6-7-16(17)18(28-10-8-27-9-11-28)13-2-4-14(5-3-13)30-19(21,22)23;;/h2-7,12,18,27H,8-11H2,1H3;2*1H/t18-;;/m1../s1. The van der Waals surface area contributed by atoms with Crippen LogP contribution in [0.5, 0.6) is 17.2 Å². The van der Waals surface area contributed by atoms with Gasteiger partial charge in [0, 0.05) is 37.8 Å². The summed E-state index contributed by atoms with van der Waals surface area (Å²) >= 11 is 0. The van der Waals surface area contributed by atoms with Crippen molar-refractivity contribution in [3.05, 3.63) is 53.6 Å². The van der Waals surface area contributed by atoms with Crippen LogP contribution >= 0.6 is 24.8 Å². The van der Waals surface area contributed by atoms with Crippen LogP contribution in [0.3, 0.4) is 0 Å². The number of methoxy groups -OCH3 is 1. The van der Waals surface area contributed by atoms with Crippen molar-refractivity contribution >= 4 is 24.8 Å². The molecule has 0 saturated carbocycles. The third-order valence-electron chi connectivity index (χ3n) is 4.68. The van der Waals surface area contributed by atoms with Gasteiger partial charge >= 0.3 is 12.7 Å². The van der Waals surface area contributed by atoms with Gasteiger partial charge in [0.15, 0.2) is 0 Å². The van der Waals surface area contributed by atoms with Gasteiger partial charge in [0.2, 0.25) is 0 Å². The number of piperazine rings is 1. The maximum Gasteiger partial charge on any atom is 0.573 e. The van der Waals surface area contributed by atoms with Crippen molar-refractivity contribution in [2.45, 2.75) is 18.8 Å². The zero-order valence-electron chi connectivity index (χ0n) is 17.2. The summed E-state index contributed by atoms with van der Waals surface area (Å²) < 4.78 is 88.3. The van der Waals surface area contributed by atoms with E-state index in [4.69, 9.17) is 4.74 Å².